The van der Waals surface area contributed by atoms with E-state index >= 15 is 0 Å². The molecule has 5 heteroatoms. The maximum Gasteiger partial charge on any atom is 0.338 e. The van der Waals surface area contributed by atoms with Crippen LogP contribution >= 0.6 is 0 Å². The minimum absolute atomic E-state index is 0.0764. The molecule has 1 aliphatic rings. The van der Waals surface area contributed by atoms with Crippen molar-refractivity contribution >= 4 is 5.97 Å². The molecule has 0 amide bonds. The molecule has 0 aromatic carbocycles. The molecule has 5 nitrogen and oxygen atoms in total. The minimum atomic E-state index is -1.26. The van der Waals surface area contributed by atoms with E-state index in [2.05, 4.69) is 4.74 Å². The van der Waals surface area contributed by atoms with Gasteiger partial charge in [-0.3, -0.25) is 0 Å². The molecule has 0 saturated heterocycles. The molecular weight excluding hydrogens is 164 g/mol. The first-order valence-corrected chi connectivity index (χ1v) is 3.47. The van der Waals surface area contributed by atoms with E-state index < -0.39 is 24.8 Å². The number of carbonyl (C=O) groups excluding carboxylic acids is 1. The number of cyclic esters (lactones) is 1. The highest BCUT2D eigenvalue weighted by Crippen LogP contribution is 2.22. The zero-order valence-corrected chi connectivity index (χ0v) is 6.52. The van der Waals surface area contributed by atoms with Crippen LogP contribution in [0.3, 0.4) is 0 Å². The molecule has 0 aromatic heterocycles. The maximum atomic E-state index is 10.8. The number of carbonyl (C=O) groups is 1. The van der Waals surface area contributed by atoms with E-state index in [1.165, 1.54) is 6.92 Å². The van der Waals surface area contributed by atoms with Crippen molar-refractivity contribution in [3.8, 4) is 0 Å². The molecule has 0 bridgehead atoms. The van der Waals surface area contributed by atoms with Gasteiger partial charge in [-0.25, -0.2) is 4.79 Å². The van der Waals surface area contributed by atoms with E-state index in [1.54, 1.807) is 0 Å². The lowest BCUT2D eigenvalue weighted by atomic mass is 10.1. The Labute approximate surface area is 68.9 Å². The van der Waals surface area contributed by atoms with Crippen LogP contribution in [0.2, 0.25) is 0 Å². The number of ether oxygens (including phenoxy) is 1. The molecular formula is C7H10O5. The summed E-state index contributed by atoms with van der Waals surface area (Å²) in [6.07, 6.45) is -2.37. The van der Waals surface area contributed by atoms with Crippen molar-refractivity contribution in [2.75, 3.05) is 6.61 Å². The highest BCUT2D eigenvalue weighted by atomic mass is 16.6. The van der Waals surface area contributed by atoms with Gasteiger partial charge in [0, 0.05) is 0 Å². The van der Waals surface area contributed by atoms with Crippen LogP contribution in [0.1, 0.15) is 6.92 Å². The van der Waals surface area contributed by atoms with Crippen LogP contribution in [-0.4, -0.2) is 40.1 Å². The highest BCUT2D eigenvalue weighted by Gasteiger charge is 2.36. The van der Waals surface area contributed by atoms with E-state index in [0.29, 0.717) is 0 Å². The number of esters is 1. The van der Waals surface area contributed by atoms with Gasteiger partial charge in [-0.1, -0.05) is 0 Å². The van der Waals surface area contributed by atoms with Crippen molar-refractivity contribution in [1.29, 1.82) is 0 Å². The summed E-state index contributed by atoms with van der Waals surface area (Å²) in [5.74, 6) is -0.966. The molecule has 0 saturated carbocycles. The normalized spacial score (nSPS) is 25.9. The van der Waals surface area contributed by atoms with Crippen molar-refractivity contribution in [1.82, 2.24) is 0 Å². The molecule has 12 heavy (non-hydrogen) atoms. The molecule has 0 fully saturated rings. The maximum absolute atomic E-state index is 10.8. The average molecular weight is 174 g/mol. The Kier molecular flexibility index (Phi) is 2.35. The van der Waals surface area contributed by atoms with Gasteiger partial charge in [-0.05, 0) is 6.92 Å². The molecule has 0 radical (unpaired) electrons. The fourth-order valence-corrected chi connectivity index (χ4v) is 0.934. The van der Waals surface area contributed by atoms with E-state index in [0.717, 1.165) is 0 Å². The zero-order valence-electron chi connectivity index (χ0n) is 6.52. The van der Waals surface area contributed by atoms with E-state index in [4.69, 9.17) is 10.2 Å². The summed E-state index contributed by atoms with van der Waals surface area (Å²) in [6, 6.07) is 0. The summed E-state index contributed by atoms with van der Waals surface area (Å²) < 4.78 is 4.57. The summed E-state index contributed by atoms with van der Waals surface area (Å²) in [5.41, 5.74) is 0.0764. The van der Waals surface area contributed by atoms with Gasteiger partial charge in [0.15, 0.2) is 6.10 Å². The monoisotopic (exact) mass is 174 g/mol. The van der Waals surface area contributed by atoms with Crippen molar-refractivity contribution in [2.45, 2.75) is 19.1 Å². The van der Waals surface area contributed by atoms with Crippen LogP contribution in [-0.2, 0) is 9.53 Å². The average Bonchev–Trinajstić information content (AvgIpc) is 2.32. The lowest BCUT2D eigenvalue weighted by Crippen LogP contribution is -2.31. The highest BCUT2D eigenvalue weighted by molar-refractivity contribution is 5.91. The molecule has 1 aliphatic heterocycles. The van der Waals surface area contributed by atoms with Crippen molar-refractivity contribution in [3.05, 3.63) is 11.3 Å². The Balaban J connectivity index is 2.80. The lowest BCUT2D eigenvalue weighted by Gasteiger charge is -2.14. The molecule has 0 aromatic rings. The van der Waals surface area contributed by atoms with Gasteiger partial charge in [0.05, 0.1) is 12.2 Å². The summed E-state index contributed by atoms with van der Waals surface area (Å²) in [7, 11) is 0. The van der Waals surface area contributed by atoms with Crippen LogP contribution in [0, 0.1) is 0 Å². The van der Waals surface area contributed by atoms with Gasteiger partial charge >= 0.3 is 5.97 Å². The number of rotatable bonds is 2. The lowest BCUT2D eigenvalue weighted by molar-refractivity contribution is -0.145. The van der Waals surface area contributed by atoms with Gasteiger partial charge in [-0.2, -0.15) is 0 Å². The first-order chi connectivity index (χ1) is 5.57. The predicted molar refractivity (Wildman–Crippen MR) is 38.3 cm³/mol. The third-order valence-corrected chi connectivity index (χ3v) is 1.73. The van der Waals surface area contributed by atoms with E-state index in [-0.39, 0.29) is 11.3 Å². The van der Waals surface area contributed by atoms with E-state index in [1.807, 2.05) is 0 Å². The first kappa shape index (κ1) is 9.02. The fraction of sp³-hybridized carbons (Fsp3) is 0.571. The molecule has 1 heterocycles. The molecule has 0 aliphatic carbocycles. The summed E-state index contributed by atoms with van der Waals surface area (Å²) in [4.78, 5) is 10.8. The Morgan fingerprint density at radius 1 is 1.67 bits per heavy atom. The second-order valence-electron chi connectivity index (χ2n) is 2.59. The predicted octanol–water partition coefficient (Wildman–Crippen LogP) is -0.903. The van der Waals surface area contributed by atoms with Crippen LogP contribution in [0.5, 0.6) is 0 Å². The smallest absolute Gasteiger partial charge is 0.338 e. The quantitative estimate of drug-likeness (QED) is 0.472. The van der Waals surface area contributed by atoms with Gasteiger partial charge < -0.3 is 20.1 Å². The van der Waals surface area contributed by atoms with Crippen molar-refractivity contribution in [2.24, 2.45) is 0 Å². The Bertz CT molecular complexity index is 232. The molecule has 0 spiro atoms. The largest absolute Gasteiger partial charge is 0.508 e. The second-order valence-corrected chi connectivity index (χ2v) is 2.59. The van der Waals surface area contributed by atoms with Crippen LogP contribution in [0.25, 0.3) is 0 Å². The standard InChI is InChI=1S/C7H10O5/c1-3-5(10)6(4(9)2-8)12-7(3)11/h4,6,8-10H,2H2,1H3/t4-,6+/m0/s1. The number of hydrogen-bond acceptors (Lipinski definition) is 5. The summed E-state index contributed by atoms with van der Waals surface area (Å²) >= 11 is 0. The minimum Gasteiger partial charge on any atom is -0.508 e. The molecule has 68 valence electrons. The van der Waals surface area contributed by atoms with Gasteiger partial charge in [0.2, 0.25) is 0 Å². The third-order valence-electron chi connectivity index (χ3n) is 1.73. The molecule has 1 rings (SSSR count). The Morgan fingerprint density at radius 2 is 2.25 bits per heavy atom. The third kappa shape index (κ3) is 1.28. The van der Waals surface area contributed by atoms with Crippen LogP contribution in [0.4, 0.5) is 0 Å². The van der Waals surface area contributed by atoms with Crippen LogP contribution in [0.15, 0.2) is 11.3 Å². The van der Waals surface area contributed by atoms with Crippen LogP contribution < -0.4 is 0 Å². The summed E-state index contributed by atoms with van der Waals surface area (Å²) in [5, 5.41) is 26.7. The Morgan fingerprint density at radius 3 is 2.58 bits per heavy atom. The first-order valence-electron chi connectivity index (χ1n) is 3.47. The van der Waals surface area contributed by atoms with Gasteiger partial charge in [0.25, 0.3) is 0 Å². The zero-order chi connectivity index (χ0) is 9.30. The SMILES string of the molecule is CC1=C(O)[C@@H]([C@@H](O)CO)OC1=O. The topological polar surface area (TPSA) is 87.0 Å². The second kappa shape index (κ2) is 3.12. The number of aliphatic hydroxyl groups is 3. The van der Waals surface area contributed by atoms with Crippen molar-refractivity contribution < 1.29 is 24.9 Å². The molecule has 3 N–H and O–H groups in total. The fourth-order valence-electron chi connectivity index (χ4n) is 0.934. The summed E-state index contributed by atoms with van der Waals surface area (Å²) in [6.45, 7) is 0.830. The van der Waals surface area contributed by atoms with Gasteiger partial charge in [0.1, 0.15) is 11.9 Å². The van der Waals surface area contributed by atoms with Gasteiger partial charge in [-0.15, -0.1) is 0 Å². The molecule has 0 unspecified atom stereocenters. The number of hydrogen-bond donors (Lipinski definition) is 3. The molecule has 2 atom stereocenters. The van der Waals surface area contributed by atoms with Crippen molar-refractivity contribution in [3.63, 3.8) is 0 Å². The van der Waals surface area contributed by atoms with E-state index in [9.17, 15) is 9.90 Å². The number of aliphatic hydroxyl groups excluding tert-OH is 3. The Hall–Kier alpha value is -1.07.